The summed E-state index contributed by atoms with van der Waals surface area (Å²) < 4.78 is 5.53. The lowest BCUT2D eigenvalue weighted by Crippen LogP contribution is -2.36. The standard InChI is InChI=1S/C17H20ClNO/c1-11-9-12(2)16(15(10-11)20-4)17(3,19)13-7-5-6-8-14(13)18/h5-10H,19H2,1-4H3. The number of benzene rings is 2. The van der Waals surface area contributed by atoms with E-state index >= 15 is 0 Å². The molecule has 2 aromatic rings. The highest BCUT2D eigenvalue weighted by Gasteiger charge is 2.31. The van der Waals surface area contributed by atoms with Crippen LogP contribution < -0.4 is 10.5 Å². The summed E-state index contributed by atoms with van der Waals surface area (Å²) in [6, 6.07) is 11.8. The molecule has 0 radical (unpaired) electrons. The SMILES string of the molecule is COc1cc(C)cc(C)c1C(C)(N)c1ccccc1Cl. The highest BCUT2D eigenvalue weighted by Crippen LogP contribution is 2.39. The first-order chi connectivity index (χ1) is 9.37. The summed E-state index contributed by atoms with van der Waals surface area (Å²) in [5, 5.41) is 0.666. The summed E-state index contributed by atoms with van der Waals surface area (Å²) in [6.07, 6.45) is 0. The summed E-state index contributed by atoms with van der Waals surface area (Å²) in [7, 11) is 1.67. The predicted octanol–water partition coefficient (Wildman–Crippen LogP) is 4.19. The van der Waals surface area contributed by atoms with Crippen molar-refractivity contribution in [3.8, 4) is 5.75 Å². The van der Waals surface area contributed by atoms with E-state index in [1.165, 1.54) is 0 Å². The highest BCUT2D eigenvalue weighted by molar-refractivity contribution is 6.31. The Morgan fingerprint density at radius 3 is 2.40 bits per heavy atom. The van der Waals surface area contributed by atoms with Crippen molar-refractivity contribution in [2.45, 2.75) is 26.3 Å². The van der Waals surface area contributed by atoms with Crippen molar-refractivity contribution in [2.75, 3.05) is 7.11 Å². The number of ether oxygens (including phenoxy) is 1. The molecule has 3 heteroatoms. The Hall–Kier alpha value is -1.51. The second-order valence-electron chi connectivity index (χ2n) is 5.34. The van der Waals surface area contributed by atoms with Gasteiger partial charge in [0.05, 0.1) is 12.6 Å². The van der Waals surface area contributed by atoms with Crippen molar-refractivity contribution < 1.29 is 4.74 Å². The van der Waals surface area contributed by atoms with Gasteiger partial charge in [-0.2, -0.15) is 0 Å². The Morgan fingerprint density at radius 2 is 1.80 bits per heavy atom. The Kier molecular flexibility index (Phi) is 4.07. The number of aryl methyl sites for hydroxylation is 2. The second kappa shape index (κ2) is 5.47. The Labute approximate surface area is 125 Å². The van der Waals surface area contributed by atoms with Crippen LogP contribution in [0.15, 0.2) is 36.4 Å². The van der Waals surface area contributed by atoms with Crippen LogP contribution in [0.4, 0.5) is 0 Å². The summed E-state index contributed by atoms with van der Waals surface area (Å²) >= 11 is 6.32. The van der Waals surface area contributed by atoms with Gasteiger partial charge in [0.1, 0.15) is 5.75 Å². The molecule has 0 amide bonds. The van der Waals surface area contributed by atoms with Crippen LogP contribution in [0.1, 0.15) is 29.2 Å². The molecule has 0 spiro atoms. The molecule has 2 rings (SSSR count). The largest absolute Gasteiger partial charge is 0.496 e. The number of rotatable bonds is 3. The maximum absolute atomic E-state index is 6.62. The fourth-order valence-corrected chi connectivity index (χ4v) is 3.10. The number of hydrogen-bond donors (Lipinski definition) is 1. The third-order valence-corrected chi connectivity index (χ3v) is 3.95. The second-order valence-corrected chi connectivity index (χ2v) is 5.75. The van der Waals surface area contributed by atoms with Crippen molar-refractivity contribution in [3.05, 3.63) is 63.7 Å². The van der Waals surface area contributed by atoms with Crippen molar-refractivity contribution in [1.29, 1.82) is 0 Å². The smallest absolute Gasteiger partial charge is 0.124 e. The zero-order valence-corrected chi connectivity index (χ0v) is 13.1. The monoisotopic (exact) mass is 289 g/mol. The van der Waals surface area contributed by atoms with E-state index in [1.54, 1.807) is 7.11 Å². The van der Waals surface area contributed by atoms with Gasteiger partial charge in [-0.05, 0) is 49.6 Å². The van der Waals surface area contributed by atoms with Crippen LogP contribution in [-0.4, -0.2) is 7.11 Å². The first-order valence-electron chi connectivity index (χ1n) is 6.57. The highest BCUT2D eigenvalue weighted by atomic mass is 35.5. The van der Waals surface area contributed by atoms with Gasteiger partial charge in [-0.3, -0.25) is 0 Å². The van der Waals surface area contributed by atoms with Crippen LogP contribution in [0.25, 0.3) is 0 Å². The van der Waals surface area contributed by atoms with Gasteiger partial charge in [0.15, 0.2) is 0 Å². The average molecular weight is 290 g/mol. The minimum Gasteiger partial charge on any atom is -0.496 e. The van der Waals surface area contributed by atoms with Crippen LogP contribution in [0.5, 0.6) is 5.75 Å². The summed E-state index contributed by atoms with van der Waals surface area (Å²) in [5.74, 6) is 0.799. The summed E-state index contributed by atoms with van der Waals surface area (Å²) in [4.78, 5) is 0. The Morgan fingerprint density at radius 1 is 1.15 bits per heavy atom. The zero-order chi connectivity index (χ0) is 14.9. The zero-order valence-electron chi connectivity index (χ0n) is 12.3. The molecule has 0 aliphatic rings. The molecule has 1 atom stereocenters. The summed E-state index contributed by atoms with van der Waals surface area (Å²) in [6.45, 7) is 6.06. The van der Waals surface area contributed by atoms with E-state index < -0.39 is 5.54 Å². The molecule has 0 aliphatic heterocycles. The molecule has 0 fully saturated rings. The van der Waals surface area contributed by atoms with Gasteiger partial charge in [0, 0.05) is 10.6 Å². The van der Waals surface area contributed by atoms with Crippen molar-refractivity contribution in [2.24, 2.45) is 5.73 Å². The van der Waals surface area contributed by atoms with Crippen LogP contribution in [0.3, 0.4) is 0 Å². The molecule has 2 aromatic carbocycles. The van der Waals surface area contributed by atoms with Crippen molar-refractivity contribution in [1.82, 2.24) is 0 Å². The van der Waals surface area contributed by atoms with E-state index in [0.717, 1.165) is 28.0 Å². The third-order valence-electron chi connectivity index (χ3n) is 3.62. The number of methoxy groups -OCH3 is 1. The van der Waals surface area contributed by atoms with Gasteiger partial charge in [0.25, 0.3) is 0 Å². The third kappa shape index (κ3) is 2.54. The van der Waals surface area contributed by atoms with Gasteiger partial charge in [0.2, 0.25) is 0 Å². The van der Waals surface area contributed by atoms with E-state index in [1.807, 2.05) is 51.1 Å². The van der Waals surface area contributed by atoms with Gasteiger partial charge in [-0.1, -0.05) is 35.9 Å². The molecular weight excluding hydrogens is 270 g/mol. The van der Waals surface area contributed by atoms with Gasteiger partial charge in [-0.25, -0.2) is 0 Å². The lowest BCUT2D eigenvalue weighted by Gasteiger charge is -2.30. The topological polar surface area (TPSA) is 35.2 Å². The molecule has 0 aromatic heterocycles. The van der Waals surface area contributed by atoms with E-state index in [0.29, 0.717) is 5.02 Å². The maximum Gasteiger partial charge on any atom is 0.124 e. The molecule has 2 N–H and O–H groups in total. The van der Waals surface area contributed by atoms with Crippen molar-refractivity contribution in [3.63, 3.8) is 0 Å². The molecule has 0 aliphatic carbocycles. The van der Waals surface area contributed by atoms with E-state index in [9.17, 15) is 0 Å². The maximum atomic E-state index is 6.62. The molecule has 0 saturated carbocycles. The molecule has 2 nitrogen and oxygen atoms in total. The number of nitrogens with two attached hydrogens (primary N) is 1. The lowest BCUT2D eigenvalue weighted by molar-refractivity contribution is 0.397. The van der Waals surface area contributed by atoms with E-state index in [4.69, 9.17) is 22.1 Å². The quantitative estimate of drug-likeness (QED) is 0.919. The Bertz CT molecular complexity index is 635. The number of hydrogen-bond acceptors (Lipinski definition) is 2. The molecule has 1 unspecified atom stereocenters. The number of halogens is 1. The predicted molar refractivity (Wildman–Crippen MR) is 84.6 cm³/mol. The molecule has 0 heterocycles. The van der Waals surface area contributed by atoms with Gasteiger partial charge < -0.3 is 10.5 Å². The van der Waals surface area contributed by atoms with E-state index in [2.05, 4.69) is 6.07 Å². The fraction of sp³-hybridized carbons (Fsp3) is 0.294. The molecule has 20 heavy (non-hydrogen) atoms. The van der Waals surface area contributed by atoms with E-state index in [-0.39, 0.29) is 0 Å². The molecule has 106 valence electrons. The van der Waals surface area contributed by atoms with Crippen LogP contribution in [0.2, 0.25) is 5.02 Å². The van der Waals surface area contributed by atoms with Gasteiger partial charge in [-0.15, -0.1) is 0 Å². The summed E-state index contributed by atoms with van der Waals surface area (Å²) in [5.41, 5.74) is 10.0. The first kappa shape index (κ1) is 14.9. The molecule has 0 bridgehead atoms. The average Bonchev–Trinajstić information content (AvgIpc) is 2.37. The normalized spacial score (nSPS) is 13.9. The molecular formula is C17H20ClNO. The lowest BCUT2D eigenvalue weighted by atomic mass is 9.82. The van der Waals surface area contributed by atoms with Crippen LogP contribution in [-0.2, 0) is 5.54 Å². The van der Waals surface area contributed by atoms with Crippen molar-refractivity contribution >= 4 is 11.6 Å². The van der Waals surface area contributed by atoms with Gasteiger partial charge >= 0.3 is 0 Å². The molecule has 0 saturated heterocycles. The minimum atomic E-state index is -0.707. The fourth-order valence-electron chi connectivity index (χ4n) is 2.77. The first-order valence-corrected chi connectivity index (χ1v) is 6.95. The Balaban J connectivity index is 2.69. The minimum absolute atomic E-state index is 0.666. The van der Waals surface area contributed by atoms with Crippen LogP contribution in [0, 0.1) is 13.8 Å². The van der Waals surface area contributed by atoms with Crippen LogP contribution >= 0.6 is 11.6 Å².